The Morgan fingerprint density at radius 3 is 2.81 bits per heavy atom. The first-order valence-corrected chi connectivity index (χ1v) is 9.40. The summed E-state index contributed by atoms with van der Waals surface area (Å²) < 4.78 is 1.52. The van der Waals surface area contributed by atoms with Crippen LogP contribution in [0.1, 0.15) is 46.4 Å². The summed E-state index contributed by atoms with van der Waals surface area (Å²) in [5.41, 5.74) is 3.99. The lowest BCUT2D eigenvalue weighted by molar-refractivity contribution is 0.102. The van der Waals surface area contributed by atoms with Crippen molar-refractivity contribution in [2.45, 2.75) is 33.6 Å². The van der Waals surface area contributed by atoms with E-state index >= 15 is 0 Å². The summed E-state index contributed by atoms with van der Waals surface area (Å²) in [6.45, 7) is 8.08. The molecule has 8 nitrogen and oxygen atoms in total. The van der Waals surface area contributed by atoms with Gasteiger partial charge in [-0.2, -0.15) is 4.68 Å². The number of imidazole rings is 1. The third-order valence-electron chi connectivity index (χ3n) is 4.46. The molecule has 2 N–H and O–H groups in total. The molecular formula is C18H19N7OS. The van der Waals surface area contributed by atoms with Crippen molar-refractivity contribution in [1.29, 1.82) is 0 Å². The van der Waals surface area contributed by atoms with Crippen molar-refractivity contribution in [3.8, 4) is 5.00 Å². The molecule has 0 fully saturated rings. The lowest BCUT2D eigenvalue weighted by Gasteiger charge is -2.07. The van der Waals surface area contributed by atoms with Crippen LogP contribution in [-0.4, -0.2) is 36.1 Å². The molecule has 0 saturated carbocycles. The second kappa shape index (κ2) is 6.58. The third-order valence-corrected chi connectivity index (χ3v) is 5.65. The Morgan fingerprint density at radius 1 is 1.30 bits per heavy atom. The van der Waals surface area contributed by atoms with Gasteiger partial charge in [-0.3, -0.25) is 4.79 Å². The Kier molecular flexibility index (Phi) is 4.23. The number of aromatic nitrogens is 6. The number of fused-ring (bicyclic) bond motifs is 1. The number of nitrogens with one attached hydrogen (secondary N) is 2. The van der Waals surface area contributed by atoms with E-state index in [4.69, 9.17) is 0 Å². The van der Waals surface area contributed by atoms with Crippen molar-refractivity contribution in [1.82, 2.24) is 30.2 Å². The van der Waals surface area contributed by atoms with Gasteiger partial charge in [-0.1, -0.05) is 13.8 Å². The van der Waals surface area contributed by atoms with Gasteiger partial charge < -0.3 is 10.3 Å². The van der Waals surface area contributed by atoms with Gasteiger partial charge in [-0.15, -0.1) is 16.4 Å². The van der Waals surface area contributed by atoms with E-state index in [0.717, 1.165) is 27.3 Å². The Morgan fingerprint density at radius 2 is 2.11 bits per heavy atom. The second-order valence-electron chi connectivity index (χ2n) is 6.68. The van der Waals surface area contributed by atoms with Crippen LogP contribution < -0.4 is 5.32 Å². The highest BCUT2D eigenvalue weighted by Gasteiger charge is 2.22. The molecular weight excluding hydrogens is 362 g/mol. The summed E-state index contributed by atoms with van der Waals surface area (Å²) in [6.07, 6.45) is 1.49. The van der Waals surface area contributed by atoms with Crippen molar-refractivity contribution in [3.05, 3.63) is 46.4 Å². The maximum Gasteiger partial charge on any atom is 0.259 e. The van der Waals surface area contributed by atoms with Gasteiger partial charge in [-0.05, 0) is 48.0 Å². The van der Waals surface area contributed by atoms with Gasteiger partial charge >= 0.3 is 0 Å². The van der Waals surface area contributed by atoms with Gasteiger partial charge in [0.1, 0.15) is 17.2 Å². The molecule has 1 aromatic carbocycles. The number of amides is 1. The monoisotopic (exact) mass is 381 g/mol. The molecule has 27 heavy (non-hydrogen) atoms. The van der Waals surface area contributed by atoms with Gasteiger partial charge in [0.05, 0.1) is 16.6 Å². The molecule has 4 rings (SSSR count). The first kappa shape index (κ1) is 17.3. The van der Waals surface area contributed by atoms with E-state index in [1.807, 2.05) is 32.0 Å². The molecule has 0 saturated heterocycles. The van der Waals surface area contributed by atoms with E-state index < -0.39 is 0 Å². The largest absolute Gasteiger partial charge is 0.342 e. The van der Waals surface area contributed by atoms with E-state index in [0.29, 0.717) is 22.2 Å². The maximum atomic E-state index is 13.0. The molecule has 3 heterocycles. The van der Waals surface area contributed by atoms with Crippen LogP contribution in [0.5, 0.6) is 0 Å². The molecule has 3 aromatic heterocycles. The molecule has 9 heteroatoms. The summed E-state index contributed by atoms with van der Waals surface area (Å²) >= 11 is 1.49. The summed E-state index contributed by atoms with van der Waals surface area (Å²) in [5.74, 6) is 1.05. The van der Waals surface area contributed by atoms with Gasteiger partial charge in [0.25, 0.3) is 5.91 Å². The number of H-pyrrole nitrogens is 1. The summed E-state index contributed by atoms with van der Waals surface area (Å²) in [7, 11) is 0. The van der Waals surface area contributed by atoms with Gasteiger partial charge in [0, 0.05) is 16.5 Å². The van der Waals surface area contributed by atoms with E-state index in [-0.39, 0.29) is 5.91 Å². The number of nitrogens with zero attached hydrogens (tertiary/aromatic N) is 5. The fourth-order valence-electron chi connectivity index (χ4n) is 2.87. The summed E-state index contributed by atoms with van der Waals surface area (Å²) in [4.78, 5) is 21.9. The number of anilines is 1. The number of carbonyl (C=O) groups excluding carboxylic acids is 1. The Labute approximate surface area is 159 Å². The number of carbonyl (C=O) groups is 1. The van der Waals surface area contributed by atoms with Crippen LogP contribution in [0, 0.1) is 13.8 Å². The Hall–Kier alpha value is -3.07. The van der Waals surface area contributed by atoms with Crippen LogP contribution in [0.4, 0.5) is 5.69 Å². The Bertz CT molecular complexity index is 1120. The summed E-state index contributed by atoms with van der Waals surface area (Å²) in [6, 6.07) is 5.66. The highest BCUT2D eigenvalue weighted by Crippen LogP contribution is 2.31. The number of thiophene rings is 1. The lowest BCUT2D eigenvalue weighted by Crippen LogP contribution is -2.15. The quantitative estimate of drug-likeness (QED) is 0.562. The maximum absolute atomic E-state index is 13.0. The molecule has 4 aromatic rings. The van der Waals surface area contributed by atoms with Crippen molar-refractivity contribution >= 4 is 34.0 Å². The molecule has 0 radical (unpaired) electrons. The lowest BCUT2D eigenvalue weighted by atomic mass is 10.1. The standard InChI is InChI=1S/C18H19N7OS/c1-9(2)16-21-13-6-5-12(7-14(13)22-16)20-17(26)15-10(3)11(4)27-18(15)25-8-19-23-24-25/h5-9H,1-4H3,(H,20,26)(H,21,22). The minimum atomic E-state index is -0.190. The number of hydrogen-bond acceptors (Lipinski definition) is 6. The first-order valence-electron chi connectivity index (χ1n) is 8.58. The average molecular weight is 381 g/mol. The van der Waals surface area contributed by atoms with E-state index in [1.165, 1.54) is 22.3 Å². The molecule has 0 unspecified atom stereocenters. The third kappa shape index (κ3) is 3.10. The topological polar surface area (TPSA) is 101 Å². The van der Waals surface area contributed by atoms with Crippen LogP contribution >= 0.6 is 11.3 Å². The number of aromatic amines is 1. The fraction of sp³-hybridized carbons (Fsp3) is 0.278. The van der Waals surface area contributed by atoms with Gasteiger partial charge in [0.15, 0.2) is 0 Å². The van der Waals surface area contributed by atoms with Crippen LogP contribution in [0.15, 0.2) is 24.5 Å². The van der Waals surface area contributed by atoms with Crippen LogP contribution in [0.2, 0.25) is 0 Å². The predicted octanol–water partition coefficient (Wildman–Crippen LogP) is 3.59. The number of tetrazole rings is 1. The van der Waals surface area contributed by atoms with E-state index in [1.54, 1.807) is 0 Å². The second-order valence-corrected chi connectivity index (χ2v) is 7.88. The molecule has 0 aliphatic rings. The average Bonchev–Trinajstić information content (AvgIpc) is 3.34. The van der Waals surface area contributed by atoms with E-state index in [9.17, 15) is 4.79 Å². The highest BCUT2D eigenvalue weighted by atomic mass is 32.1. The molecule has 0 aliphatic carbocycles. The molecule has 0 bridgehead atoms. The minimum absolute atomic E-state index is 0.190. The molecule has 1 amide bonds. The van der Waals surface area contributed by atoms with Crippen molar-refractivity contribution in [2.75, 3.05) is 5.32 Å². The molecule has 0 spiro atoms. The zero-order valence-corrected chi connectivity index (χ0v) is 16.3. The number of benzene rings is 1. The molecule has 138 valence electrons. The van der Waals surface area contributed by atoms with Crippen molar-refractivity contribution in [3.63, 3.8) is 0 Å². The first-order chi connectivity index (χ1) is 12.9. The normalized spacial score (nSPS) is 11.4. The minimum Gasteiger partial charge on any atom is -0.342 e. The fourth-order valence-corrected chi connectivity index (χ4v) is 3.94. The highest BCUT2D eigenvalue weighted by molar-refractivity contribution is 7.15. The SMILES string of the molecule is Cc1sc(-n2cnnn2)c(C(=O)Nc2ccc3nc(C(C)C)[nH]c3c2)c1C. The summed E-state index contributed by atoms with van der Waals surface area (Å²) in [5, 5.41) is 15.0. The zero-order chi connectivity index (χ0) is 19.1. The molecule has 0 atom stereocenters. The number of hydrogen-bond donors (Lipinski definition) is 2. The Balaban J connectivity index is 1.68. The zero-order valence-electron chi connectivity index (χ0n) is 15.4. The van der Waals surface area contributed by atoms with Crippen LogP contribution in [0.3, 0.4) is 0 Å². The van der Waals surface area contributed by atoms with E-state index in [2.05, 4.69) is 44.7 Å². The van der Waals surface area contributed by atoms with Gasteiger partial charge in [0.2, 0.25) is 0 Å². The van der Waals surface area contributed by atoms with Crippen LogP contribution in [0.25, 0.3) is 16.0 Å². The van der Waals surface area contributed by atoms with Crippen molar-refractivity contribution < 1.29 is 4.79 Å². The van der Waals surface area contributed by atoms with Crippen LogP contribution in [-0.2, 0) is 0 Å². The smallest absolute Gasteiger partial charge is 0.259 e. The predicted molar refractivity (Wildman–Crippen MR) is 105 cm³/mol. The number of aryl methyl sites for hydroxylation is 1. The molecule has 0 aliphatic heterocycles. The van der Waals surface area contributed by atoms with Gasteiger partial charge in [-0.25, -0.2) is 4.98 Å². The number of rotatable bonds is 4. The van der Waals surface area contributed by atoms with Crippen molar-refractivity contribution in [2.24, 2.45) is 0 Å².